The van der Waals surface area contributed by atoms with Crippen molar-refractivity contribution in [3.8, 4) is 0 Å². The second kappa shape index (κ2) is 7.65. The molecule has 4 heteroatoms. The number of carbonyl (C=O) groups excluding carboxylic acids is 1. The summed E-state index contributed by atoms with van der Waals surface area (Å²) in [6.45, 7) is 2.60. The van der Waals surface area contributed by atoms with E-state index in [1.165, 1.54) is 32.1 Å². The molecular weight excluding hydrogens is 274 g/mol. The van der Waals surface area contributed by atoms with Gasteiger partial charge in [-0.25, -0.2) is 4.79 Å². The highest BCUT2D eigenvalue weighted by molar-refractivity contribution is 6.33. The highest BCUT2D eigenvalue weighted by Crippen LogP contribution is 2.18. The van der Waals surface area contributed by atoms with Crippen molar-refractivity contribution in [3.63, 3.8) is 0 Å². The van der Waals surface area contributed by atoms with Crippen molar-refractivity contribution in [1.29, 1.82) is 0 Å². The lowest BCUT2D eigenvalue weighted by molar-refractivity contribution is 0.0334. The Morgan fingerprint density at radius 3 is 2.75 bits per heavy atom. The Morgan fingerprint density at radius 2 is 2.05 bits per heavy atom. The SMILES string of the molecule is CC(CNC1CCCCC1)OC(=O)c1ccccc1Cl. The average molecular weight is 296 g/mol. The smallest absolute Gasteiger partial charge is 0.339 e. The van der Waals surface area contributed by atoms with Gasteiger partial charge >= 0.3 is 5.97 Å². The van der Waals surface area contributed by atoms with Crippen molar-refractivity contribution in [1.82, 2.24) is 5.32 Å². The molecule has 0 aliphatic heterocycles. The molecule has 1 N–H and O–H groups in total. The molecule has 2 rings (SSSR count). The van der Waals surface area contributed by atoms with Gasteiger partial charge in [0.15, 0.2) is 0 Å². The molecule has 0 amide bonds. The van der Waals surface area contributed by atoms with E-state index < -0.39 is 0 Å². The van der Waals surface area contributed by atoms with E-state index in [0.29, 0.717) is 23.2 Å². The third-order valence-electron chi connectivity index (χ3n) is 3.70. The molecule has 0 radical (unpaired) electrons. The quantitative estimate of drug-likeness (QED) is 0.840. The van der Waals surface area contributed by atoms with E-state index in [9.17, 15) is 4.79 Å². The number of ether oxygens (including phenoxy) is 1. The molecule has 1 atom stereocenters. The Labute approximate surface area is 125 Å². The number of carbonyl (C=O) groups is 1. The minimum atomic E-state index is -0.353. The van der Waals surface area contributed by atoms with E-state index in [0.717, 1.165) is 0 Å². The molecule has 0 saturated heterocycles. The fraction of sp³-hybridized carbons (Fsp3) is 0.562. The molecule has 0 spiro atoms. The first-order chi connectivity index (χ1) is 9.66. The van der Waals surface area contributed by atoms with Crippen molar-refractivity contribution < 1.29 is 9.53 Å². The number of benzene rings is 1. The molecule has 1 aromatic carbocycles. The summed E-state index contributed by atoms with van der Waals surface area (Å²) in [5, 5.41) is 3.92. The predicted molar refractivity (Wildman–Crippen MR) is 81.2 cm³/mol. The van der Waals surface area contributed by atoms with Crippen LogP contribution in [0.25, 0.3) is 0 Å². The molecule has 1 fully saturated rings. The van der Waals surface area contributed by atoms with E-state index in [-0.39, 0.29) is 12.1 Å². The van der Waals surface area contributed by atoms with E-state index in [2.05, 4.69) is 5.32 Å². The maximum atomic E-state index is 12.0. The van der Waals surface area contributed by atoms with Crippen LogP contribution in [0, 0.1) is 0 Å². The lowest BCUT2D eigenvalue weighted by Crippen LogP contribution is -2.37. The first-order valence-corrected chi connectivity index (χ1v) is 7.73. The minimum Gasteiger partial charge on any atom is -0.458 e. The molecule has 1 saturated carbocycles. The Bertz CT molecular complexity index is 444. The van der Waals surface area contributed by atoms with Gasteiger partial charge in [0.25, 0.3) is 0 Å². The Kier molecular flexibility index (Phi) is 5.86. The fourth-order valence-corrected chi connectivity index (χ4v) is 2.77. The molecule has 0 bridgehead atoms. The lowest BCUT2D eigenvalue weighted by atomic mass is 9.95. The summed E-state index contributed by atoms with van der Waals surface area (Å²) in [6, 6.07) is 7.54. The van der Waals surface area contributed by atoms with Crippen LogP contribution in [0.1, 0.15) is 49.4 Å². The van der Waals surface area contributed by atoms with E-state index in [1.54, 1.807) is 24.3 Å². The number of hydrogen-bond donors (Lipinski definition) is 1. The summed E-state index contributed by atoms with van der Waals surface area (Å²) in [6.07, 6.45) is 6.24. The van der Waals surface area contributed by atoms with Gasteiger partial charge in [0.05, 0.1) is 10.6 Å². The normalized spacial score (nSPS) is 17.7. The summed E-state index contributed by atoms with van der Waals surface area (Å²) >= 11 is 5.98. The van der Waals surface area contributed by atoms with E-state index in [4.69, 9.17) is 16.3 Å². The number of nitrogens with one attached hydrogen (secondary N) is 1. The first kappa shape index (κ1) is 15.3. The van der Waals surface area contributed by atoms with Gasteiger partial charge in [-0.3, -0.25) is 0 Å². The van der Waals surface area contributed by atoms with Crippen LogP contribution in [0.15, 0.2) is 24.3 Å². The highest BCUT2D eigenvalue weighted by Gasteiger charge is 2.17. The molecule has 1 aliphatic carbocycles. The summed E-state index contributed by atoms with van der Waals surface area (Å²) < 4.78 is 5.42. The van der Waals surface area contributed by atoms with E-state index in [1.807, 2.05) is 6.92 Å². The molecule has 110 valence electrons. The van der Waals surface area contributed by atoms with Crippen LogP contribution >= 0.6 is 11.6 Å². The largest absolute Gasteiger partial charge is 0.458 e. The first-order valence-electron chi connectivity index (χ1n) is 7.35. The second-order valence-corrected chi connectivity index (χ2v) is 5.85. The van der Waals surface area contributed by atoms with Crippen LogP contribution in [0.5, 0.6) is 0 Å². The predicted octanol–water partition coefficient (Wildman–Crippen LogP) is 3.81. The molecule has 1 unspecified atom stereocenters. The summed E-state index contributed by atoms with van der Waals surface area (Å²) in [5.41, 5.74) is 0.429. The lowest BCUT2D eigenvalue weighted by Gasteiger charge is -2.24. The van der Waals surface area contributed by atoms with Crippen LogP contribution in [0.4, 0.5) is 0 Å². The summed E-state index contributed by atoms with van der Waals surface area (Å²) in [5.74, 6) is -0.353. The van der Waals surface area contributed by atoms with Crippen molar-refractivity contribution >= 4 is 17.6 Å². The van der Waals surface area contributed by atoms with Gasteiger partial charge in [-0.1, -0.05) is 43.0 Å². The average Bonchev–Trinajstić information content (AvgIpc) is 2.46. The zero-order chi connectivity index (χ0) is 14.4. The van der Waals surface area contributed by atoms with Gasteiger partial charge in [0, 0.05) is 12.6 Å². The molecule has 0 aromatic heterocycles. The van der Waals surface area contributed by atoms with Crippen LogP contribution in [-0.2, 0) is 4.74 Å². The van der Waals surface area contributed by atoms with Crippen molar-refractivity contribution in [2.45, 2.75) is 51.2 Å². The third-order valence-corrected chi connectivity index (χ3v) is 4.03. The molecule has 0 heterocycles. The van der Waals surface area contributed by atoms with Crippen LogP contribution in [0.2, 0.25) is 5.02 Å². The molecule has 1 aromatic rings. The summed E-state index contributed by atoms with van der Waals surface area (Å²) in [4.78, 5) is 12.0. The van der Waals surface area contributed by atoms with Crippen LogP contribution in [0.3, 0.4) is 0 Å². The zero-order valence-corrected chi connectivity index (χ0v) is 12.7. The maximum absolute atomic E-state index is 12.0. The second-order valence-electron chi connectivity index (χ2n) is 5.44. The van der Waals surface area contributed by atoms with Gasteiger partial charge in [-0.05, 0) is 31.9 Å². The Morgan fingerprint density at radius 1 is 1.35 bits per heavy atom. The van der Waals surface area contributed by atoms with Gasteiger partial charge in [-0.15, -0.1) is 0 Å². The molecule has 1 aliphatic rings. The Balaban J connectivity index is 1.77. The summed E-state index contributed by atoms with van der Waals surface area (Å²) in [7, 11) is 0. The minimum absolute atomic E-state index is 0.152. The standard InChI is InChI=1S/C16H22ClNO2/c1-12(11-18-13-7-3-2-4-8-13)20-16(19)14-9-5-6-10-15(14)17/h5-6,9-10,12-13,18H,2-4,7-8,11H2,1H3. The third kappa shape index (κ3) is 4.50. The number of halogens is 1. The molecular formula is C16H22ClNO2. The molecule has 20 heavy (non-hydrogen) atoms. The zero-order valence-electron chi connectivity index (χ0n) is 11.9. The highest BCUT2D eigenvalue weighted by atomic mass is 35.5. The van der Waals surface area contributed by atoms with Gasteiger partial charge < -0.3 is 10.1 Å². The monoisotopic (exact) mass is 295 g/mol. The number of hydrogen-bond acceptors (Lipinski definition) is 3. The van der Waals surface area contributed by atoms with Crippen molar-refractivity contribution in [2.24, 2.45) is 0 Å². The Hall–Kier alpha value is -1.06. The van der Waals surface area contributed by atoms with E-state index >= 15 is 0 Å². The van der Waals surface area contributed by atoms with Crippen molar-refractivity contribution in [3.05, 3.63) is 34.9 Å². The van der Waals surface area contributed by atoms with Gasteiger partial charge in [0.2, 0.25) is 0 Å². The van der Waals surface area contributed by atoms with Crippen LogP contribution in [-0.4, -0.2) is 24.7 Å². The number of esters is 1. The van der Waals surface area contributed by atoms with Gasteiger partial charge in [-0.2, -0.15) is 0 Å². The number of rotatable bonds is 5. The van der Waals surface area contributed by atoms with Crippen molar-refractivity contribution in [2.75, 3.05) is 6.54 Å². The maximum Gasteiger partial charge on any atom is 0.339 e. The van der Waals surface area contributed by atoms with Gasteiger partial charge in [0.1, 0.15) is 6.10 Å². The topological polar surface area (TPSA) is 38.3 Å². The molecule has 3 nitrogen and oxygen atoms in total. The van der Waals surface area contributed by atoms with Crippen LogP contribution < -0.4 is 5.32 Å². The fourth-order valence-electron chi connectivity index (χ4n) is 2.55.